The monoisotopic (exact) mass is 247 g/mol. The standard InChI is InChI=1S/C11H12F3NO2/c1-3-9(16)7(2)15-6-8(11(12,13)14)4-5-10(15)17/h4-7H,3H2,1-2H3. The number of carbonyl (C=O) groups excluding carboxylic acids is 1. The van der Waals surface area contributed by atoms with Gasteiger partial charge in [-0.2, -0.15) is 13.2 Å². The Labute approximate surface area is 95.9 Å². The number of Topliss-reactive ketones (excluding diaryl/α,β-unsaturated/α-hetero) is 1. The molecule has 0 bridgehead atoms. The van der Waals surface area contributed by atoms with E-state index in [-0.39, 0.29) is 12.2 Å². The molecule has 0 aromatic carbocycles. The lowest BCUT2D eigenvalue weighted by molar-refractivity contribution is -0.138. The summed E-state index contributed by atoms with van der Waals surface area (Å²) < 4.78 is 38.2. The van der Waals surface area contributed by atoms with Crippen LogP contribution in [0.3, 0.4) is 0 Å². The molecule has 0 aliphatic heterocycles. The smallest absolute Gasteiger partial charge is 0.305 e. The molecule has 0 fully saturated rings. The lowest BCUT2D eigenvalue weighted by atomic mass is 10.1. The number of aromatic nitrogens is 1. The first-order valence-electron chi connectivity index (χ1n) is 5.09. The molecular formula is C11H12F3NO2. The molecule has 0 spiro atoms. The SMILES string of the molecule is CCC(=O)C(C)n1cc(C(F)(F)F)ccc1=O. The molecule has 6 heteroatoms. The molecule has 0 radical (unpaired) electrons. The summed E-state index contributed by atoms with van der Waals surface area (Å²) in [6.07, 6.45) is -3.67. The van der Waals surface area contributed by atoms with Crippen LogP contribution in [0.25, 0.3) is 0 Å². The second-order valence-corrected chi connectivity index (χ2v) is 3.66. The van der Waals surface area contributed by atoms with Gasteiger partial charge in [-0.05, 0) is 13.0 Å². The first-order valence-corrected chi connectivity index (χ1v) is 5.09. The van der Waals surface area contributed by atoms with Gasteiger partial charge in [-0.1, -0.05) is 6.92 Å². The summed E-state index contributed by atoms with van der Waals surface area (Å²) in [5, 5.41) is 0. The molecule has 0 amide bonds. The summed E-state index contributed by atoms with van der Waals surface area (Å²) >= 11 is 0. The zero-order valence-electron chi connectivity index (χ0n) is 9.41. The topological polar surface area (TPSA) is 39.1 Å². The Bertz CT molecular complexity index is 476. The van der Waals surface area contributed by atoms with Gasteiger partial charge in [0, 0.05) is 18.7 Å². The highest BCUT2D eigenvalue weighted by molar-refractivity contribution is 5.81. The van der Waals surface area contributed by atoms with E-state index in [2.05, 4.69) is 0 Å². The number of ketones is 1. The second kappa shape index (κ2) is 4.73. The fourth-order valence-corrected chi connectivity index (χ4v) is 1.42. The van der Waals surface area contributed by atoms with Gasteiger partial charge in [-0.15, -0.1) is 0 Å². The molecule has 1 aromatic heterocycles. The first-order chi connectivity index (χ1) is 7.77. The predicted molar refractivity (Wildman–Crippen MR) is 55.7 cm³/mol. The fourth-order valence-electron chi connectivity index (χ4n) is 1.42. The molecule has 0 aliphatic carbocycles. The number of hydrogen-bond acceptors (Lipinski definition) is 2. The highest BCUT2D eigenvalue weighted by atomic mass is 19.4. The predicted octanol–water partition coefficient (Wildman–Crippen LogP) is 2.41. The minimum Gasteiger partial charge on any atom is -0.305 e. The summed E-state index contributed by atoms with van der Waals surface area (Å²) in [4.78, 5) is 22.8. The number of pyridine rings is 1. The van der Waals surface area contributed by atoms with Gasteiger partial charge in [0.05, 0.1) is 11.6 Å². The van der Waals surface area contributed by atoms with Gasteiger partial charge in [-0.3, -0.25) is 9.59 Å². The van der Waals surface area contributed by atoms with E-state index in [0.717, 1.165) is 10.6 Å². The van der Waals surface area contributed by atoms with E-state index in [1.807, 2.05) is 0 Å². The third-order valence-corrected chi connectivity index (χ3v) is 2.50. The molecule has 94 valence electrons. The van der Waals surface area contributed by atoms with Crippen molar-refractivity contribution in [2.24, 2.45) is 0 Å². The van der Waals surface area contributed by atoms with Crippen LogP contribution in [0, 0.1) is 0 Å². The second-order valence-electron chi connectivity index (χ2n) is 3.66. The molecule has 0 saturated heterocycles. The number of halogens is 3. The van der Waals surface area contributed by atoms with Crippen LogP contribution in [0.15, 0.2) is 23.1 Å². The fraction of sp³-hybridized carbons (Fsp3) is 0.455. The molecule has 0 saturated carbocycles. The summed E-state index contributed by atoms with van der Waals surface area (Å²) in [6, 6.07) is 0.652. The Balaban J connectivity index is 3.25. The van der Waals surface area contributed by atoms with E-state index < -0.39 is 23.3 Å². The van der Waals surface area contributed by atoms with Crippen molar-refractivity contribution in [2.75, 3.05) is 0 Å². The van der Waals surface area contributed by atoms with E-state index in [4.69, 9.17) is 0 Å². The summed E-state index contributed by atoms with van der Waals surface area (Å²) in [7, 11) is 0. The first kappa shape index (κ1) is 13.5. The molecule has 3 nitrogen and oxygen atoms in total. The highest BCUT2D eigenvalue weighted by Crippen LogP contribution is 2.28. The molecule has 0 N–H and O–H groups in total. The van der Waals surface area contributed by atoms with Crippen LogP contribution < -0.4 is 5.56 Å². The van der Waals surface area contributed by atoms with Crippen LogP contribution in [0.5, 0.6) is 0 Å². The van der Waals surface area contributed by atoms with Crippen LogP contribution in [0.1, 0.15) is 31.9 Å². The molecule has 1 aromatic rings. The van der Waals surface area contributed by atoms with Crippen molar-refractivity contribution in [3.8, 4) is 0 Å². The van der Waals surface area contributed by atoms with Crippen molar-refractivity contribution in [3.63, 3.8) is 0 Å². The zero-order valence-corrected chi connectivity index (χ0v) is 9.41. The van der Waals surface area contributed by atoms with Crippen molar-refractivity contribution in [3.05, 3.63) is 34.2 Å². The molecule has 0 aliphatic rings. The zero-order chi connectivity index (χ0) is 13.2. The Hall–Kier alpha value is -1.59. The van der Waals surface area contributed by atoms with Gasteiger partial charge in [-0.25, -0.2) is 0 Å². The van der Waals surface area contributed by atoms with Crippen molar-refractivity contribution in [2.45, 2.75) is 32.5 Å². The van der Waals surface area contributed by atoms with Gasteiger partial charge >= 0.3 is 6.18 Å². The largest absolute Gasteiger partial charge is 0.417 e. The van der Waals surface area contributed by atoms with Gasteiger partial charge in [0.15, 0.2) is 5.78 Å². The van der Waals surface area contributed by atoms with Crippen LogP contribution in [-0.4, -0.2) is 10.4 Å². The molecule has 1 atom stereocenters. The third kappa shape index (κ3) is 2.95. The molecular weight excluding hydrogens is 235 g/mol. The van der Waals surface area contributed by atoms with Crippen molar-refractivity contribution in [1.29, 1.82) is 0 Å². The minimum atomic E-state index is -4.52. The minimum absolute atomic E-state index is 0.170. The van der Waals surface area contributed by atoms with Crippen molar-refractivity contribution >= 4 is 5.78 Å². The van der Waals surface area contributed by atoms with E-state index in [9.17, 15) is 22.8 Å². The summed E-state index contributed by atoms with van der Waals surface area (Å²) in [5.41, 5.74) is -1.56. The number of hydrogen-bond donors (Lipinski definition) is 0. The average molecular weight is 247 g/mol. The quantitative estimate of drug-likeness (QED) is 0.822. The van der Waals surface area contributed by atoms with E-state index in [0.29, 0.717) is 12.3 Å². The lowest BCUT2D eigenvalue weighted by Gasteiger charge is -2.15. The van der Waals surface area contributed by atoms with E-state index >= 15 is 0 Å². The Kier molecular flexibility index (Phi) is 3.75. The Morgan fingerprint density at radius 1 is 1.41 bits per heavy atom. The van der Waals surface area contributed by atoms with Crippen LogP contribution in [-0.2, 0) is 11.0 Å². The Morgan fingerprint density at radius 3 is 2.47 bits per heavy atom. The van der Waals surface area contributed by atoms with E-state index in [1.54, 1.807) is 6.92 Å². The average Bonchev–Trinajstić information content (AvgIpc) is 2.26. The Morgan fingerprint density at radius 2 is 2.00 bits per heavy atom. The molecule has 17 heavy (non-hydrogen) atoms. The summed E-state index contributed by atoms with van der Waals surface area (Å²) in [6.45, 7) is 3.00. The maximum absolute atomic E-state index is 12.4. The number of carbonyl (C=O) groups is 1. The van der Waals surface area contributed by atoms with Crippen LogP contribution in [0.4, 0.5) is 13.2 Å². The van der Waals surface area contributed by atoms with Gasteiger partial charge in [0.2, 0.25) is 0 Å². The van der Waals surface area contributed by atoms with E-state index in [1.165, 1.54) is 6.92 Å². The van der Waals surface area contributed by atoms with Crippen molar-refractivity contribution < 1.29 is 18.0 Å². The number of nitrogens with zero attached hydrogens (tertiary/aromatic N) is 1. The summed E-state index contributed by atoms with van der Waals surface area (Å²) in [5.74, 6) is -0.286. The number of alkyl halides is 3. The number of rotatable bonds is 3. The van der Waals surface area contributed by atoms with Gasteiger partial charge in [0.1, 0.15) is 0 Å². The van der Waals surface area contributed by atoms with Crippen molar-refractivity contribution in [1.82, 2.24) is 4.57 Å². The highest BCUT2D eigenvalue weighted by Gasteiger charge is 2.31. The van der Waals surface area contributed by atoms with Gasteiger partial charge in [0.25, 0.3) is 5.56 Å². The maximum Gasteiger partial charge on any atom is 0.417 e. The maximum atomic E-state index is 12.4. The molecule has 1 heterocycles. The molecule has 1 rings (SSSR count). The van der Waals surface area contributed by atoms with Crippen LogP contribution >= 0.6 is 0 Å². The lowest BCUT2D eigenvalue weighted by Crippen LogP contribution is -2.28. The van der Waals surface area contributed by atoms with Crippen LogP contribution in [0.2, 0.25) is 0 Å². The third-order valence-electron chi connectivity index (χ3n) is 2.50. The molecule has 1 unspecified atom stereocenters. The van der Waals surface area contributed by atoms with Gasteiger partial charge < -0.3 is 4.57 Å². The normalized spacial score (nSPS) is 13.5.